The SMILES string of the molecule is COC(=O)NC(C(=O)N1CC(C)(C)CC1c1ncc(C#Cc2ccc(C#Cc3cnc(C4CC(C)(C)CN4C(=O)C(NC(=O)OC)C(C)C)[nH]3)cc2)[nH]1)C(C)C. The Morgan fingerprint density at radius 2 is 1.04 bits per heavy atom. The van der Waals surface area contributed by atoms with Crippen molar-refractivity contribution in [2.45, 2.75) is 92.4 Å². The van der Waals surface area contributed by atoms with Gasteiger partial charge in [0.05, 0.1) is 38.7 Å². The maximum absolute atomic E-state index is 13.7. The molecular weight excluding hydrogens is 713 g/mol. The van der Waals surface area contributed by atoms with E-state index in [0.29, 0.717) is 49.0 Å². The summed E-state index contributed by atoms with van der Waals surface area (Å²) in [7, 11) is 2.56. The summed E-state index contributed by atoms with van der Waals surface area (Å²) in [4.78, 5) is 70.8. The molecule has 14 heteroatoms. The number of ether oxygens (including phenoxy) is 2. The lowest BCUT2D eigenvalue weighted by atomic mass is 9.90. The first kappa shape index (κ1) is 41.4. The van der Waals surface area contributed by atoms with Crippen LogP contribution in [0.1, 0.15) is 114 Å². The molecule has 14 nitrogen and oxygen atoms in total. The number of amides is 4. The van der Waals surface area contributed by atoms with Crippen molar-refractivity contribution in [1.29, 1.82) is 0 Å². The zero-order chi connectivity index (χ0) is 40.9. The molecule has 4 N–H and O–H groups in total. The summed E-state index contributed by atoms with van der Waals surface area (Å²) < 4.78 is 9.53. The average molecular weight is 767 g/mol. The van der Waals surface area contributed by atoms with E-state index in [1.165, 1.54) is 14.2 Å². The lowest BCUT2D eigenvalue weighted by Gasteiger charge is -2.30. The summed E-state index contributed by atoms with van der Waals surface area (Å²) in [5.41, 5.74) is 2.53. The quantitative estimate of drug-likeness (QED) is 0.224. The third kappa shape index (κ3) is 9.91. The Balaban J connectivity index is 1.25. The monoisotopic (exact) mass is 766 g/mol. The second-order valence-corrected chi connectivity index (χ2v) is 16.9. The van der Waals surface area contributed by atoms with Crippen LogP contribution in [-0.2, 0) is 19.1 Å². The molecule has 0 radical (unpaired) electrons. The Morgan fingerprint density at radius 1 is 0.679 bits per heavy atom. The molecule has 56 heavy (non-hydrogen) atoms. The third-order valence-corrected chi connectivity index (χ3v) is 10.2. The second-order valence-electron chi connectivity index (χ2n) is 16.9. The van der Waals surface area contributed by atoms with E-state index in [0.717, 1.165) is 11.1 Å². The van der Waals surface area contributed by atoms with Crippen LogP contribution in [0.25, 0.3) is 0 Å². The number of methoxy groups -OCH3 is 2. The van der Waals surface area contributed by atoms with Gasteiger partial charge < -0.3 is 39.9 Å². The number of likely N-dealkylation sites (tertiary alicyclic amines) is 2. The molecule has 1 aromatic carbocycles. The highest BCUT2D eigenvalue weighted by molar-refractivity contribution is 5.87. The number of carbonyl (C=O) groups is 4. The minimum atomic E-state index is -0.729. The predicted molar refractivity (Wildman–Crippen MR) is 210 cm³/mol. The summed E-state index contributed by atoms with van der Waals surface area (Å²) in [5, 5.41) is 5.39. The van der Waals surface area contributed by atoms with Gasteiger partial charge in [0.2, 0.25) is 11.8 Å². The number of nitrogens with zero attached hydrogens (tertiary/aromatic N) is 4. The van der Waals surface area contributed by atoms with E-state index < -0.39 is 24.3 Å². The van der Waals surface area contributed by atoms with E-state index in [4.69, 9.17) is 9.47 Å². The Hall–Kier alpha value is -5.76. The molecule has 4 unspecified atom stereocenters. The molecule has 0 spiro atoms. The number of hydrogen-bond acceptors (Lipinski definition) is 8. The molecule has 3 aromatic rings. The van der Waals surface area contributed by atoms with Crippen molar-refractivity contribution in [3.05, 3.63) is 70.8 Å². The van der Waals surface area contributed by atoms with Gasteiger partial charge >= 0.3 is 12.2 Å². The number of alkyl carbamates (subject to hydrolysis) is 2. The van der Waals surface area contributed by atoms with Gasteiger partial charge in [-0.1, -0.05) is 67.2 Å². The van der Waals surface area contributed by atoms with Crippen LogP contribution in [0.2, 0.25) is 0 Å². The zero-order valence-electron chi connectivity index (χ0n) is 34.0. The first-order chi connectivity index (χ1) is 26.4. The number of aromatic amines is 2. The predicted octanol–water partition coefficient (Wildman–Crippen LogP) is 5.29. The summed E-state index contributed by atoms with van der Waals surface area (Å²) >= 11 is 0. The molecule has 2 aliphatic heterocycles. The molecule has 2 saturated heterocycles. The van der Waals surface area contributed by atoms with Crippen molar-refractivity contribution < 1.29 is 28.7 Å². The molecule has 298 valence electrons. The van der Waals surface area contributed by atoms with Gasteiger partial charge in [-0.3, -0.25) is 9.59 Å². The number of rotatable bonds is 8. The minimum Gasteiger partial charge on any atom is -0.453 e. The van der Waals surface area contributed by atoms with Crippen molar-refractivity contribution in [2.75, 3.05) is 27.3 Å². The lowest BCUT2D eigenvalue weighted by molar-refractivity contribution is -0.136. The van der Waals surface area contributed by atoms with Gasteiger partial charge in [-0.15, -0.1) is 0 Å². The highest BCUT2D eigenvalue weighted by atomic mass is 16.5. The molecule has 2 fully saturated rings. The number of H-pyrrole nitrogens is 2. The molecule has 4 amide bonds. The van der Waals surface area contributed by atoms with Gasteiger partial charge in [-0.2, -0.15) is 0 Å². The van der Waals surface area contributed by atoms with E-state index >= 15 is 0 Å². The number of hydrogen-bond donors (Lipinski definition) is 4. The van der Waals surface area contributed by atoms with Crippen LogP contribution in [0.4, 0.5) is 9.59 Å². The fourth-order valence-electron chi connectivity index (χ4n) is 7.30. The van der Waals surface area contributed by atoms with Gasteiger partial charge in [-0.05, 0) is 71.6 Å². The van der Waals surface area contributed by atoms with Gasteiger partial charge in [0, 0.05) is 24.2 Å². The van der Waals surface area contributed by atoms with E-state index in [9.17, 15) is 19.2 Å². The molecule has 4 heterocycles. The molecule has 2 aliphatic rings. The summed E-state index contributed by atoms with van der Waals surface area (Å²) in [6, 6.07) is 5.53. The fraction of sp³-hybridized carbons (Fsp3) is 0.524. The van der Waals surface area contributed by atoms with E-state index in [2.05, 4.69) is 81.9 Å². The topological polar surface area (TPSA) is 175 Å². The largest absolute Gasteiger partial charge is 0.453 e. The van der Waals surface area contributed by atoms with Crippen molar-refractivity contribution in [1.82, 2.24) is 40.4 Å². The molecule has 5 rings (SSSR count). The third-order valence-electron chi connectivity index (χ3n) is 10.2. The molecular formula is C42H54N8O6. The van der Waals surface area contributed by atoms with Crippen LogP contribution < -0.4 is 10.6 Å². The van der Waals surface area contributed by atoms with Gasteiger partial charge in [0.1, 0.15) is 35.1 Å². The standard InChI is InChI=1S/C42H54N8O6/c1-25(2)33(47-39(53)55-9)37(51)49-23-41(5,6)19-31(49)35-43-21-29(45-35)17-15-27-11-13-28(14-12-27)16-18-30-22-44-36(46-30)32-20-42(7,8)24-50(32)38(52)34(26(3)4)48-40(54)56-10/h11-14,21-22,25-26,31-34H,19-20,23-24H2,1-10H3,(H,43,45)(H,44,46)(H,47,53)(H,48,54). The van der Waals surface area contributed by atoms with Gasteiger partial charge in [0.25, 0.3) is 0 Å². The Labute approximate surface area is 329 Å². The Bertz CT molecular complexity index is 1900. The summed E-state index contributed by atoms with van der Waals surface area (Å²) in [6.07, 6.45) is 3.46. The number of aromatic nitrogens is 4. The number of nitrogens with one attached hydrogen (secondary N) is 4. The molecule has 0 saturated carbocycles. The highest BCUT2D eigenvalue weighted by Crippen LogP contribution is 2.43. The average Bonchev–Trinajstić information content (AvgIpc) is 3.95. The van der Waals surface area contributed by atoms with Crippen molar-refractivity contribution >= 4 is 24.0 Å². The van der Waals surface area contributed by atoms with Gasteiger partial charge in [0.15, 0.2) is 0 Å². The van der Waals surface area contributed by atoms with Crippen LogP contribution in [0, 0.1) is 46.3 Å². The van der Waals surface area contributed by atoms with Crippen LogP contribution in [0.15, 0.2) is 36.7 Å². The Morgan fingerprint density at radius 3 is 1.36 bits per heavy atom. The number of imidazole rings is 2. The summed E-state index contributed by atoms with van der Waals surface area (Å²) in [5.74, 6) is 13.3. The Kier molecular flexibility index (Phi) is 12.5. The fourth-order valence-corrected chi connectivity index (χ4v) is 7.30. The minimum absolute atomic E-state index is 0.137. The van der Waals surface area contributed by atoms with E-state index in [-0.39, 0.29) is 46.6 Å². The van der Waals surface area contributed by atoms with E-state index in [1.807, 2.05) is 52.0 Å². The number of carbonyl (C=O) groups excluding carboxylic acids is 4. The van der Waals surface area contributed by atoms with Crippen LogP contribution in [0.5, 0.6) is 0 Å². The zero-order valence-corrected chi connectivity index (χ0v) is 34.0. The van der Waals surface area contributed by atoms with Gasteiger partial charge in [-0.25, -0.2) is 19.6 Å². The van der Waals surface area contributed by atoms with Crippen LogP contribution in [-0.4, -0.2) is 93.1 Å². The van der Waals surface area contributed by atoms with Crippen molar-refractivity contribution in [3.8, 4) is 23.7 Å². The van der Waals surface area contributed by atoms with E-state index in [1.54, 1.807) is 22.2 Å². The highest BCUT2D eigenvalue weighted by Gasteiger charge is 2.46. The first-order valence-electron chi connectivity index (χ1n) is 18.9. The first-order valence-corrected chi connectivity index (χ1v) is 18.9. The molecule has 2 aromatic heterocycles. The van der Waals surface area contributed by atoms with Crippen LogP contribution >= 0.6 is 0 Å². The number of benzene rings is 1. The normalized spacial score (nSPS) is 19.4. The van der Waals surface area contributed by atoms with Crippen molar-refractivity contribution in [2.24, 2.45) is 22.7 Å². The maximum Gasteiger partial charge on any atom is 0.407 e. The smallest absolute Gasteiger partial charge is 0.407 e. The van der Waals surface area contributed by atoms with Crippen LogP contribution in [0.3, 0.4) is 0 Å². The molecule has 0 aliphatic carbocycles. The maximum atomic E-state index is 13.7. The van der Waals surface area contributed by atoms with Crippen molar-refractivity contribution in [3.63, 3.8) is 0 Å². The molecule has 0 bridgehead atoms. The molecule has 4 atom stereocenters. The second kappa shape index (κ2) is 16.9. The summed E-state index contributed by atoms with van der Waals surface area (Å²) in [6.45, 7) is 17.0. The lowest BCUT2D eigenvalue weighted by Crippen LogP contribution is -2.51.